The molecule has 1 aromatic heterocycles. The van der Waals surface area contributed by atoms with Crippen LogP contribution in [0, 0.1) is 17.7 Å². The van der Waals surface area contributed by atoms with Gasteiger partial charge in [0.05, 0.1) is 12.5 Å². The van der Waals surface area contributed by atoms with Crippen molar-refractivity contribution in [3.05, 3.63) is 41.7 Å². The minimum absolute atomic E-state index is 0.119. The summed E-state index contributed by atoms with van der Waals surface area (Å²) in [5.41, 5.74) is 2.59. The second-order valence-electron chi connectivity index (χ2n) is 8.11. The Morgan fingerprint density at radius 3 is 2.69 bits per heavy atom. The van der Waals surface area contributed by atoms with Crippen LogP contribution in [0.25, 0.3) is 22.2 Å². The van der Waals surface area contributed by atoms with Crippen molar-refractivity contribution in [2.45, 2.75) is 39.0 Å². The molecule has 152 valence electrons. The highest BCUT2D eigenvalue weighted by Crippen LogP contribution is 2.39. The summed E-state index contributed by atoms with van der Waals surface area (Å²) in [5.74, 6) is -1.40. The molecule has 3 aromatic rings. The van der Waals surface area contributed by atoms with Crippen LogP contribution < -0.4 is 4.74 Å². The Bertz CT molecular complexity index is 1040. The number of fused-ring (bicyclic) bond motifs is 1. The molecule has 1 heterocycles. The van der Waals surface area contributed by atoms with E-state index < -0.39 is 17.7 Å². The van der Waals surface area contributed by atoms with Gasteiger partial charge in [0.2, 0.25) is 0 Å². The van der Waals surface area contributed by atoms with Gasteiger partial charge in [-0.1, -0.05) is 19.9 Å². The standard InChI is InChI=1S/C22H23FN2O4/c1-12(2)7-17(22(26)27)16-10-21(28-11-13-3-4-13)15(9-18(16)23)14-5-6-19-20(8-14)25-29-24-19/h5-6,8-10,12-13,17H,3-4,7,11H2,1-2H3,(H,26,27). The van der Waals surface area contributed by atoms with Crippen molar-refractivity contribution in [2.24, 2.45) is 11.8 Å². The van der Waals surface area contributed by atoms with Crippen LogP contribution in [0.15, 0.2) is 35.0 Å². The zero-order valence-corrected chi connectivity index (χ0v) is 16.4. The number of carbonyl (C=O) groups is 1. The molecule has 0 spiro atoms. The van der Waals surface area contributed by atoms with Crippen LogP contribution >= 0.6 is 0 Å². The lowest BCUT2D eigenvalue weighted by Crippen LogP contribution is -2.16. The van der Waals surface area contributed by atoms with Gasteiger partial charge in [0.1, 0.15) is 22.6 Å². The number of halogens is 1. The highest BCUT2D eigenvalue weighted by Gasteiger charge is 2.28. The Morgan fingerprint density at radius 2 is 2.00 bits per heavy atom. The topological polar surface area (TPSA) is 85.5 Å². The summed E-state index contributed by atoms with van der Waals surface area (Å²) in [6.45, 7) is 4.38. The molecule has 1 fully saturated rings. The van der Waals surface area contributed by atoms with Crippen LogP contribution in [0.1, 0.15) is 44.6 Å². The van der Waals surface area contributed by atoms with Crippen LogP contribution in [0.5, 0.6) is 5.75 Å². The van der Waals surface area contributed by atoms with Crippen LogP contribution in [-0.4, -0.2) is 28.0 Å². The molecule has 1 saturated carbocycles. The molecule has 0 amide bonds. The van der Waals surface area contributed by atoms with Crippen molar-refractivity contribution in [3.63, 3.8) is 0 Å². The van der Waals surface area contributed by atoms with Crippen molar-refractivity contribution in [1.29, 1.82) is 0 Å². The van der Waals surface area contributed by atoms with Gasteiger partial charge in [-0.25, -0.2) is 9.02 Å². The smallest absolute Gasteiger partial charge is 0.311 e. The van der Waals surface area contributed by atoms with Crippen molar-refractivity contribution in [3.8, 4) is 16.9 Å². The number of hydrogen-bond donors (Lipinski definition) is 1. The van der Waals surface area contributed by atoms with Gasteiger partial charge in [-0.05, 0) is 71.2 Å². The highest BCUT2D eigenvalue weighted by molar-refractivity contribution is 5.83. The number of carboxylic acid groups (broad SMARTS) is 1. The lowest BCUT2D eigenvalue weighted by Gasteiger charge is -2.19. The van der Waals surface area contributed by atoms with Gasteiger partial charge < -0.3 is 9.84 Å². The Labute approximate surface area is 167 Å². The van der Waals surface area contributed by atoms with Crippen molar-refractivity contribution in [2.75, 3.05) is 6.61 Å². The van der Waals surface area contributed by atoms with E-state index in [1.54, 1.807) is 24.3 Å². The molecule has 0 bridgehead atoms. The molecule has 0 radical (unpaired) electrons. The Morgan fingerprint density at radius 1 is 1.24 bits per heavy atom. The molecular formula is C22H23FN2O4. The van der Waals surface area contributed by atoms with Crippen LogP contribution in [0.4, 0.5) is 4.39 Å². The first-order valence-corrected chi connectivity index (χ1v) is 9.84. The van der Waals surface area contributed by atoms with E-state index in [-0.39, 0.29) is 11.5 Å². The third-order valence-electron chi connectivity index (χ3n) is 5.22. The summed E-state index contributed by atoms with van der Waals surface area (Å²) in [7, 11) is 0. The Hall–Kier alpha value is -2.96. The number of aromatic nitrogens is 2. The third-order valence-corrected chi connectivity index (χ3v) is 5.22. The zero-order chi connectivity index (χ0) is 20.5. The number of benzene rings is 2. The molecule has 2 aromatic carbocycles. The quantitative estimate of drug-likeness (QED) is 0.573. The van der Waals surface area contributed by atoms with Gasteiger partial charge in [-0.3, -0.25) is 4.79 Å². The Kier molecular flexibility index (Phi) is 5.22. The summed E-state index contributed by atoms with van der Waals surface area (Å²) in [5, 5.41) is 17.3. The monoisotopic (exact) mass is 398 g/mol. The SMILES string of the molecule is CC(C)CC(C(=O)O)c1cc(OCC2CC2)c(-c2ccc3nonc3c2)cc1F. The second-order valence-corrected chi connectivity index (χ2v) is 8.11. The third kappa shape index (κ3) is 4.23. The molecule has 6 nitrogen and oxygen atoms in total. The van der Waals surface area contributed by atoms with Gasteiger partial charge in [0.15, 0.2) is 0 Å². The Balaban J connectivity index is 1.78. The minimum atomic E-state index is -1.03. The summed E-state index contributed by atoms with van der Waals surface area (Å²) < 4.78 is 25.8. The first-order valence-electron chi connectivity index (χ1n) is 9.84. The number of nitrogens with zero attached hydrogens (tertiary/aromatic N) is 2. The first kappa shape index (κ1) is 19.4. The number of hydrogen-bond acceptors (Lipinski definition) is 5. The van der Waals surface area contributed by atoms with Crippen molar-refractivity contribution >= 4 is 17.0 Å². The van der Waals surface area contributed by atoms with Gasteiger partial charge in [-0.2, -0.15) is 0 Å². The van der Waals surface area contributed by atoms with E-state index in [9.17, 15) is 9.90 Å². The summed E-state index contributed by atoms with van der Waals surface area (Å²) in [4.78, 5) is 11.8. The maximum atomic E-state index is 15.1. The molecule has 0 saturated heterocycles. The molecule has 1 atom stereocenters. The number of aliphatic carboxylic acids is 1. The summed E-state index contributed by atoms with van der Waals surface area (Å²) >= 11 is 0. The fourth-order valence-electron chi connectivity index (χ4n) is 3.46. The molecule has 1 unspecified atom stereocenters. The predicted octanol–water partition coefficient (Wildman–Crippen LogP) is 5.03. The van der Waals surface area contributed by atoms with Gasteiger partial charge >= 0.3 is 5.97 Å². The first-order chi connectivity index (χ1) is 13.9. The molecule has 7 heteroatoms. The average Bonchev–Trinajstić information content (AvgIpc) is 3.39. The fraction of sp³-hybridized carbons (Fsp3) is 0.409. The average molecular weight is 398 g/mol. The van der Waals surface area contributed by atoms with Gasteiger partial charge in [-0.15, -0.1) is 0 Å². The van der Waals surface area contributed by atoms with Crippen molar-refractivity contribution in [1.82, 2.24) is 10.3 Å². The lowest BCUT2D eigenvalue weighted by atomic mass is 9.88. The van der Waals surface area contributed by atoms with Crippen LogP contribution in [0.2, 0.25) is 0 Å². The number of carboxylic acids is 1. The maximum absolute atomic E-state index is 15.1. The van der Waals surface area contributed by atoms with E-state index >= 15 is 4.39 Å². The molecule has 1 N–H and O–H groups in total. The van der Waals surface area contributed by atoms with E-state index in [0.717, 1.165) is 12.8 Å². The summed E-state index contributed by atoms with van der Waals surface area (Å²) in [6.07, 6.45) is 2.58. The molecule has 1 aliphatic carbocycles. The van der Waals surface area contributed by atoms with E-state index in [0.29, 0.717) is 46.9 Å². The lowest BCUT2D eigenvalue weighted by molar-refractivity contribution is -0.139. The predicted molar refractivity (Wildman–Crippen MR) is 105 cm³/mol. The van der Waals surface area contributed by atoms with E-state index in [2.05, 4.69) is 10.3 Å². The molecule has 4 rings (SSSR count). The van der Waals surface area contributed by atoms with Crippen LogP contribution in [-0.2, 0) is 4.79 Å². The normalized spacial score (nSPS) is 15.0. The van der Waals surface area contributed by atoms with Crippen molar-refractivity contribution < 1.29 is 23.7 Å². The van der Waals surface area contributed by atoms with E-state index in [1.807, 2.05) is 13.8 Å². The summed E-state index contributed by atoms with van der Waals surface area (Å²) in [6, 6.07) is 8.22. The molecule has 29 heavy (non-hydrogen) atoms. The molecular weight excluding hydrogens is 375 g/mol. The maximum Gasteiger partial charge on any atom is 0.311 e. The van der Waals surface area contributed by atoms with Gasteiger partial charge in [0.25, 0.3) is 0 Å². The number of rotatable bonds is 8. The number of ether oxygens (including phenoxy) is 1. The second kappa shape index (κ2) is 7.81. The van der Waals surface area contributed by atoms with E-state index in [1.165, 1.54) is 6.07 Å². The molecule has 0 aliphatic heterocycles. The van der Waals surface area contributed by atoms with Gasteiger partial charge in [0, 0.05) is 11.1 Å². The largest absolute Gasteiger partial charge is 0.493 e. The minimum Gasteiger partial charge on any atom is -0.493 e. The highest BCUT2D eigenvalue weighted by atomic mass is 19.1. The molecule has 1 aliphatic rings. The van der Waals surface area contributed by atoms with Crippen LogP contribution in [0.3, 0.4) is 0 Å². The zero-order valence-electron chi connectivity index (χ0n) is 16.4. The van der Waals surface area contributed by atoms with E-state index in [4.69, 9.17) is 9.37 Å². The fourth-order valence-corrected chi connectivity index (χ4v) is 3.46.